The van der Waals surface area contributed by atoms with E-state index in [0.29, 0.717) is 0 Å². The maximum Gasteiger partial charge on any atom is 0.178 e. The molecule has 3 aliphatic rings. The molecular formula is C40H37NO3. The van der Waals surface area contributed by atoms with Crippen molar-refractivity contribution in [2.24, 2.45) is 0 Å². The predicted octanol–water partition coefficient (Wildman–Crippen LogP) is 8.65. The summed E-state index contributed by atoms with van der Waals surface area (Å²) in [5.74, 6) is 1.72. The van der Waals surface area contributed by atoms with Gasteiger partial charge in [0.15, 0.2) is 5.60 Å². The minimum Gasteiger partial charge on any atom is -0.497 e. The second-order valence-corrected chi connectivity index (χ2v) is 12.8. The standard InChI is InChI=1S/C40H37NO3/c1-26-10-16-32-35(24-26)39(2,3)37-33-18-19-40(27-8-6-5-7-9-27,28-11-13-29(14-12-28)41-20-22-43-23-21-41)44-38(33)34-25-30(42-4)15-17-31(34)36(32)37/h5-19,24-25H,20-23H2,1-4H3. The van der Waals surface area contributed by atoms with Gasteiger partial charge >= 0.3 is 0 Å². The van der Waals surface area contributed by atoms with E-state index in [1.807, 2.05) is 0 Å². The monoisotopic (exact) mass is 579 g/mol. The van der Waals surface area contributed by atoms with E-state index in [2.05, 4.69) is 129 Å². The molecule has 220 valence electrons. The number of nitrogens with zero attached hydrogens (tertiary/aromatic N) is 1. The molecule has 0 spiro atoms. The minimum absolute atomic E-state index is 0.185. The predicted molar refractivity (Wildman–Crippen MR) is 179 cm³/mol. The fraction of sp³-hybridized carbons (Fsp3) is 0.250. The molecule has 2 aliphatic heterocycles. The topological polar surface area (TPSA) is 30.9 Å². The molecule has 0 saturated carbocycles. The van der Waals surface area contributed by atoms with Gasteiger partial charge in [-0.1, -0.05) is 86.2 Å². The van der Waals surface area contributed by atoms with Crippen LogP contribution in [0.4, 0.5) is 5.69 Å². The Morgan fingerprint density at radius 1 is 0.795 bits per heavy atom. The quantitative estimate of drug-likeness (QED) is 0.213. The highest BCUT2D eigenvalue weighted by Gasteiger charge is 2.44. The van der Waals surface area contributed by atoms with E-state index in [-0.39, 0.29) is 5.41 Å². The smallest absolute Gasteiger partial charge is 0.178 e. The van der Waals surface area contributed by atoms with Gasteiger partial charge in [0.05, 0.1) is 20.3 Å². The summed E-state index contributed by atoms with van der Waals surface area (Å²) in [6.07, 6.45) is 4.59. The molecule has 0 N–H and O–H groups in total. The highest BCUT2D eigenvalue weighted by atomic mass is 16.5. The van der Waals surface area contributed by atoms with Crippen molar-refractivity contribution in [3.8, 4) is 22.6 Å². The van der Waals surface area contributed by atoms with Crippen LogP contribution in [-0.4, -0.2) is 33.4 Å². The first-order valence-electron chi connectivity index (χ1n) is 15.6. The zero-order chi connectivity index (χ0) is 30.1. The summed E-state index contributed by atoms with van der Waals surface area (Å²) < 4.78 is 18.8. The number of hydrogen-bond acceptors (Lipinski definition) is 4. The molecule has 1 aliphatic carbocycles. The molecule has 5 aromatic carbocycles. The Labute approximate surface area is 259 Å². The van der Waals surface area contributed by atoms with Crippen molar-refractivity contribution in [1.29, 1.82) is 0 Å². The number of aryl methyl sites for hydroxylation is 1. The number of hydrogen-bond donors (Lipinski definition) is 0. The second-order valence-electron chi connectivity index (χ2n) is 12.8. The van der Waals surface area contributed by atoms with Gasteiger partial charge in [0, 0.05) is 46.3 Å². The van der Waals surface area contributed by atoms with Gasteiger partial charge in [-0.15, -0.1) is 0 Å². The summed E-state index contributed by atoms with van der Waals surface area (Å²) in [5, 5.41) is 2.26. The third-order valence-corrected chi connectivity index (χ3v) is 9.87. The third kappa shape index (κ3) is 3.94. The number of benzene rings is 5. The highest BCUT2D eigenvalue weighted by molar-refractivity contribution is 6.09. The van der Waals surface area contributed by atoms with Gasteiger partial charge in [-0.25, -0.2) is 0 Å². The largest absolute Gasteiger partial charge is 0.497 e. The minimum atomic E-state index is -0.797. The Morgan fingerprint density at radius 3 is 2.30 bits per heavy atom. The van der Waals surface area contributed by atoms with Crippen LogP contribution in [-0.2, 0) is 15.8 Å². The first-order chi connectivity index (χ1) is 21.4. The molecular weight excluding hydrogens is 542 g/mol. The normalized spacial score (nSPS) is 19.7. The Kier molecular flexibility index (Phi) is 6.15. The Morgan fingerprint density at radius 2 is 1.55 bits per heavy atom. The third-order valence-electron chi connectivity index (χ3n) is 9.87. The van der Waals surface area contributed by atoms with Crippen LogP contribution in [0.15, 0.2) is 97.1 Å². The number of morpholine rings is 1. The molecule has 2 heterocycles. The summed E-state index contributed by atoms with van der Waals surface area (Å²) in [5.41, 5.74) is 10.1. The summed E-state index contributed by atoms with van der Waals surface area (Å²) in [7, 11) is 1.73. The molecule has 4 nitrogen and oxygen atoms in total. The summed E-state index contributed by atoms with van der Waals surface area (Å²) in [6.45, 7) is 10.2. The molecule has 0 aromatic heterocycles. The lowest BCUT2D eigenvalue weighted by Crippen LogP contribution is -2.37. The summed E-state index contributed by atoms with van der Waals surface area (Å²) in [4.78, 5) is 2.39. The average Bonchev–Trinajstić information content (AvgIpc) is 3.31. The lowest BCUT2D eigenvalue weighted by molar-refractivity contribution is 0.122. The Hall–Kier alpha value is -4.54. The Balaban J connectivity index is 1.37. The van der Waals surface area contributed by atoms with Gasteiger partial charge in [-0.05, 0) is 71.0 Å². The highest BCUT2D eigenvalue weighted by Crippen LogP contribution is 2.58. The van der Waals surface area contributed by atoms with Gasteiger partial charge in [0.25, 0.3) is 0 Å². The summed E-state index contributed by atoms with van der Waals surface area (Å²) in [6, 6.07) is 32.8. The van der Waals surface area contributed by atoms with Crippen LogP contribution in [0, 0.1) is 6.92 Å². The van der Waals surface area contributed by atoms with Gasteiger partial charge in [-0.2, -0.15) is 0 Å². The number of fused-ring (bicyclic) bond motifs is 8. The van der Waals surface area contributed by atoms with Crippen molar-refractivity contribution >= 4 is 22.5 Å². The SMILES string of the molecule is COc1ccc2c3c(c4c(c2c1)OC(c1ccccc1)(c1ccc(N2CCOCC2)cc1)C=C4)C(C)(C)c1cc(C)ccc1-3. The molecule has 0 radical (unpaired) electrons. The summed E-state index contributed by atoms with van der Waals surface area (Å²) >= 11 is 0. The van der Waals surface area contributed by atoms with Crippen LogP contribution >= 0.6 is 0 Å². The molecule has 8 rings (SSSR count). The van der Waals surface area contributed by atoms with E-state index >= 15 is 0 Å². The number of methoxy groups -OCH3 is 1. The maximum absolute atomic E-state index is 7.46. The molecule has 0 bridgehead atoms. The van der Waals surface area contributed by atoms with E-state index < -0.39 is 5.60 Å². The van der Waals surface area contributed by atoms with Crippen molar-refractivity contribution in [2.45, 2.75) is 31.8 Å². The van der Waals surface area contributed by atoms with Gasteiger partial charge in [0.2, 0.25) is 0 Å². The van der Waals surface area contributed by atoms with Crippen LogP contribution in [0.3, 0.4) is 0 Å². The van der Waals surface area contributed by atoms with Crippen molar-refractivity contribution in [3.05, 3.63) is 130 Å². The number of ether oxygens (including phenoxy) is 3. The van der Waals surface area contributed by atoms with Crippen LogP contribution in [0.25, 0.3) is 28.0 Å². The molecule has 1 fully saturated rings. The second kappa shape index (κ2) is 10.0. The molecule has 1 atom stereocenters. The molecule has 4 heteroatoms. The van der Waals surface area contributed by atoms with Crippen LogP contribution < -0.4 is 14.4 Å². The fourth-order valence-electron chi connectivity index (χ4n) is 7.61. The van der Waals surface area contributed by atoms with E-state index in [1.165, 1.54) is 38.9 Å². The fourth-order valence-corrected chi connectivity index (χ4v) is 7.61. The van der Waals surface area contributed by atoms with E-state index in [1.54, 1.807) is 7.11 Å². The van der Waals surface area contributed by atoms with E-state index in [0.717, 1.165) is 59.9 Å². The average molecular weight is 580 g/mol. The molecule has 1 saturated heterocycles. The number of anilines is 1. The van der Waals surface area contributed by atoms with Gasteiger partial charge < -0.3 is 19.1 Å². The van der Waals surface area contributed by atoms with Crippen molar-refractivity contribution in [1.82, 2.24) is 0 Å². The van der Waals surface area contributed by atoms with Crippen LogP contribution in [0.1, 0.15) is 47.2 Å². The van der Waals surface area contributed by atoms with Crippen molar-refractivity contribution < 1.29 is 14.2 Å². The Bertz CT molecular complexity index is 1930. The molecule has 0 amide bonds. The van der Waals surface area contributed by atoms with Crippen LogP contribution in [0.5, 0.6) is 11.5 Å². The zero-order valence-electron chi connectivity index (χ0n) is 25.8. The number of rotatable bonds is 4. The lowest BCUT2D eigenvalue weighted by Gasteiger charge is -2.38. The molecule has 44 heavy (non-hydrogen) atoms. The first kappa shape index (κ1) is 27.0. The van der Waals surface area contributed by atoms with Crippen molar-refractivity contribution in [2.75, 3.05) is 38.3 Å². The van der Waals surface area contributed by atoms with Gasteiger partial charge in [-0.3, -0.25) is 0 Å². The molecule has 1 unspecified atom stereocenters. The first-order valence-corrected chi connectivity index (χ1v) is 15.6. The van der Waals surface area contributed by atoms with E-state index in [9.17, 15) is 0 Å². The van der Waals surface area contributed by atoms with Gasteiger partial charge in [0.1, 0.15) is 11.5 Å². The maximum atomic E-state index is 7.46. The lowest BCUT2D eigenvalue weighted by atomic mass is 9.76. The zero-order valence-corrected chi connectivity index (χ0v) is 25.8. The van der Waals surface area contributed by atoms with E-state index in [4.69, 9.17) is 14.2 Å². The van der Waals surface area contributed by atoms with Crippen LogP contribution in [0.2, 0.25) is 0 Å². The van der Waals surface area contributed by atoms with Crippen molar-refractivity contribution in [3.63, 3.8) is 0 Å². The molecule has 5 aromatic rings.